The summed E-state index contributed by atoms with van der Waals surface area (Å²) in [5.41, 5.74) is 7.09. The molecule has 5 unspecified atom stereocenters. The van der Waals surface area contributed by atoms with E-state index in [1.54, 1.807) is 0 Å². The molecule has 100 valence electrons. The van der Waals surface area contributed by atoms with Gasteiger partial charge in [0.2, 0.25) is 0 Å². The third-order valence-corrected chi connectivity index (χ3v) is 5.84. The molecule has 2 saturated carbocycles. The van der Waals surface area contributed by atoms with E-state index in [1.807, 2.05) is 0 Å². The van der Waals surface area contributed by atoms with Crippen molar-refractivity contribution in [3.63, 3.8) is 0 Å². The van der Waals surface area contributed by atoms with Crippen LogP contribution in [0.15, 0.2) is 0 Å². The van der Waals surface area contributed by atoms with Crippen LogP contribution >= 0.6 is 0 Å². The highest BCUT2D eigenvalue weighted by Gasteiger charge is 2.46. The molecule has 1 heteroatoms. The number of hydrogen-bond donors (Lipinski definition) is 1. The summed E-state index contributed by atoms with van der Waals surface area (Å²) in [6, 6.07) is 0. The normalized spacial score (nSPS) is 48.0. The van der Waals surface area contributed by atoms with Crippen molar-refractivity contribution in [2.45, 2.75) is 77.7 Å². The van der Waals surface area contributed by atoms with Crippen LogP contribution < -0.4 is 5.73 Å². The van der Waals surface area contributed by atoms with E-state index in [1.165, 1.54) is 51.4 Å². The molecule has 0 heterocycles. The Morgan fingerprint density at radius 2 is 1.76 bits per heavy atom. The van der Waals surface area contributed by atoms with E-state index in [4.69, 9.17) is 5.73 Å². The maximum Gasteiger partial charge on any atom is 0.0214 e. The van der Waals surface area contributed by atoms with Gasteiger partial charge in [-0.15, -0.1) is 0 Å². The number of nitrogens with two attached hydrogens (primary N) is 1. The van der Waals surface area contributed by atoms with Crippen molar-refractivity contribution in [3.05, 3.63) is 0 Å². The van der Waals surface area contributed by atoms with Gasteiger partial charge in [0.1, 0.15) is 0 Å². The van der Waals surface area contributed by atoms with Gasteiger partial charge in [-0.3, -0.25) is 0 Å². The minimum atomic E-state index is 0.152. The quantitative estimate of drug-likeness (QED) is 0.759. The van der Waals surface area contributed by atoms with Gasteiger partial charge in [-0.25, -0.2) is 0 Å². The van der Waals surface area contributed by atoms with Crippen LogP contribution in [0.25, 0.3) is 0 Å². The van der Waals surface area contributed by atoms with Crippen LogP contribution in [0.4, 0.5) is 0 Å². The fraction of sp³-hybridized carbons (Fsp3) is 1.00. The second kappa shape index (κ2) is 5.30. The number of rotatable bonds is 2. The zero-order valence-corrected chi connectivity index (χ0v) is 12.0. The molecular weight excluding hydrogens is 206 g/mol. The summed E-state index contributed by atoms with van der Waals surface area (Å²) in [7, 11) is 0. The molecular formula is C16H31N. The molecule has 0 spiro atoms. The molecule has 2 rings (SSSR count). The third-order valence-electron chi connectivity index (χ3n) is 5.84. The van der Waals surface area contributed by atoms with Gasteiger partial charge < -0.3 is 5.73 Å². The second-order valence-electron chi connectivity index (χ2n) is 6.96. The molecule has 5 atom stereocenters. The molecule has 2 aliphatic carbocycles. The molecule has 2 N–H and O–H groups in total. The van der Waals surface area contributed by atoms with Crippen LogP contribution in [0.5, 0.6) is 0 Å². The minimum absolute atomic E-state index is 0.152. The average molecular weight is 237 g/mol. The van der Waals surface area contributed by atoms with Gasteiger partial charge in [-0.1, -0.05) is 52.9 Å². The van der Waals surface area contributed by atoms with E-state index >= 15 is 0 Å². The summed E-state index contributed by atoms with van der Waals surface area (Å²) in [5, 5.41) is 0. The van der Waals surface area contributed by atoms with Gasteiger partial charge in [0.25, 0.3) is 0 Å². The molecule has 0 aliphatic heterocycles. The van der Waals surface area contributed by atoms with Gasteiger partial charge in [0.15, 0.2) is 0 Å². The highest BCUT2D eigenvalue weighted by molar-refractivity contribution is 5.02. The first-order valence-electron chi connectivity index (χ1n) is 7.86. The molecule has 0 aromatic rings. The lowest BCUT2D eigenvalue weighted by Gasteiger charge is -2.51. The van der Waals surface area contributed by atoms with Gasteiger partial charge >= 0.3 is 0 Å². The minimum Gasteiger partial charge on any atom is -0.325 e. The number of hydrogen-bond acceptors (Lipinski definition) is 1. The molecule has 1 nitrogen and oxygen atoms in total. The lowest BCUT2D eigenvalue weighted by Crippen LogP contribution is -2.58. The first-order chi connectivity index (χ1) is 8.08. The van der Waals surface area contributed by atoms with Crippen LogP contribution in [0.1, 0.15) is 72.1 Å². The van der Waals surface area contributed by atoms with Crippen molar-refractivity contribution in [3.8, 4) is 0 Å². The summed E-state index contributed by atoms with van der Waals surface area (Å²) >= 11 is 0. The average Bonchev–Trinajstić information content (AvgIpc) is 2.34. The Labute approximate surface area is 108 Å². The molecule has 0 bridgehead atoms. The summed E-state index contributed by atoms with van der Waals surface area (Å²) in [5.74, 6) is 3.28. The lowest BCUT2D eigenvalue weighted by atomic mass is 9.58. The Balaban J connectivity index is 2.16. The topological polar surface area (TPSA) is 26.0 Å². The van der Waals surface area contributed by atoms with Gasteiger partial charge in [0.05, 0.1) is 0 Å². The lowest BCUT2D eigenvalue weighted by molar-refractivity contribution is 0.0377. The Hall–Kier alpha value is -0.0400. The monoisotopic (exact) mass is 237 g/mol. The standard InChI is InChI=1S/C16H31N/c1-4-14-7-5-6-8-15(14)16(17)11-12(2)9-10-13(16)3/h12-15H,4-11,17H2,1-3H3. The molecule has 17 heavy (non-hydrogen) atoms. The van der Waals surface area contributed by atoms with Gasteiger partial charge in [0, 0.05) is 5.54 Å². The van der Waals surface area contributed by atoms with Gasteiger partial charge in [-0.05, 0) is 42.9 Å². The molecule has 0 saturated heterocycles. The van der Waals surface area contributed by atoms with E-state index in [2.05, 4.69) is 20.8 Å². The van der Waals surface area contributed by atoms with Crippen LogP contribution in [0.2, 0.25) is 0 Å². The molecule has 0 radical (unpaired) electrons. The van der Waals surface area contributed by atoms with E-state index < -0.39 is 0 Å². The summed E-state index contributed by atoms with van der Waals surface area (Å²) in [6.45, 7) is 7.17. The predicted molar refractivity (Wildman–Crippen MR) is 74.8 cm³/mol. The molecule has 2 aliphatic rings. The maximum atomic E-state index is 6.93. The predicted octanol–water partition coefficient (Wildman–Crippen LogP) is 4.36. The third kappa shape index (κ3) is 2.54. The van der Waals surface area contributed by atoms with E-state index in [0.717, 1.165) is 23.7 Å². The van der Waals surface area contributed by atoms with E-state index in [9.17, 15) is 0 Å². The van der Waals surface area contributed by atoms with E-state index in [-0.39, 0.29) is 5.54 Å². The summed E-state index contributed by atoms with van der Waals surface area (Å²) < 4.78 is 0. The largest absolute Gasteiger partial charge is 0.325 e. The van der Waals surface area contributed by atoms with Crippen molar-refractivity contribution < 1.29 is 0 Å². The Bertz CT molecular complexity index is 250. The smallest absolute Gasteiger partial charge is 0.0214 e. The van der Waals surface area contributed by atoms with Gasteiger partial charge in [-0.2, -0.15) is 0 Å². The van der Waals surface area contributed by atoms with Crippen molar-refractivity contribution in [2.75, 3.05) is 0 Å². The summed E-state index contributed by atoms with van der Waals surface area (Å²) in [4.78, 5) is 0. The van der Waals surface area contributed by atoms with Crippen molar-refractivity contribution >= 4 is 0 Å². The molecule has 0 aromatic carbocycles. The van der Waals surface area contributed by atoms with Crippen molar-refractivity contribution in [1.29, 1.82) is 0 Å². The SMILES string of the molecule is CCC1CCCCC1C1(N)CC(C)CCC1C. The molecule has 0 amide bonds. The fourth-order valence-corrected chi connectivity index (χ4v) is 4.63. The maximum absolute atomic E-state index is 6.93. The first kappa shape index (κ1) is 13.4. The van der Waals surface area contributed by atoms with Crippen LogP contribution in [-0.2, 0) is 0 Å². The molecule has 0 aromatic heterocycles. The molecule has 2 fully saturated rings. The fourth-order valence-electron chi connectivity index (χ4n) is 4.63. The zero-order valence-electron chi connectivity index (χ0n) is 12.0. The highest BCUT2D eigenvalue weighted by atomic mass is 14.8. The Kier molecular flexibility index (Phi) is 4.18. The van der Waals surface area contributed by atoms with Crippen molar-refractivity contribution in [1.82, 2.24) is 0 Å². The van der Waals surface area contributed by atoms with Crippen LogP contribution in [0.3, 0.4) is 0 Å². The highest BCUT2D eigenvalue weighted by Crippen LogP contribution is 2.47. The zero-order chi connectivity index (χ0) is 12.5. The Morgan fingerprint density at radius 3 is 2.47 bits per heavy atom. The summed E-state index contributed by atoms with van der Waals surface area (Å²) in [6.07, 6.45) is 11.0. The Morgan fingerprint density at radius 1 is 1.06 bits per heavy atom. The van der Waals surface area contributed by atoms with Crippen LogP contribution in [-0.4, -0.2) is 5.54 Å². The second-order valence-corrected chi connectivity index (χ2v) is 6.96. The first-order valence-corrected chi connectivity index (χ1v) is 7.86. The van der Waals surface area contributed by atoms with Crippen LogP contribution in [0, 0.1) is 23.7 Å². The van der Waals surface area contributed by atoms with E-state index in [0.29, 0.717) is 0 Å². The van der Waals surface area contributed by atoms with Crippen molar-refractivity contribution in [2.24, 2.45) is 29.4 Å².